The fraction of sp³-hybridized carbons (Fsp3) is 0.294. The van der Waals surface area contributed by atoms with Crippen LogP contribution in [0, 0.1) is 0 Å². The van der Waals surface area contributed by atoms with Gasteiger partial charge in [0.1, 0.15) is 0 Å². The van der Waals surface area contributed by atoms with Crippen LogP contribution in [-0.2, 0) is 27.6 Å². The number of sulfone groups is 1. The predicted molar refractivity (Wildman–Crippen MR) is 85.4 cm³/mol. The van der Waals surface area contributed by atoms with Gasteiger partial charge in [0.2, 0.25) is 0 Å². The van der Waals surface area contributed by atoms with Crippen LogP contribution in [0.4, 0.5) is 0 Å². The fourth-order valence-electron chi connectivity index (χ4n) is 2.04. The van der Waals surface area contributed by atoms with Gasteiger partial charge in [0.15, 0.2) is 9.84 Å². The standard InChI is InChI=1S/C17H20O4S/c18-11-10-15-6-8-17(9-7-15)22(19,20)13-12-21-14-16-4-2-1-3-5-16/h1-9,18H,10-14H2. The second-order valence-electron chi connectivity index (χ2n) is 4.97. The summed E-state index contributed by atoms with van der Waals surface area (Å²) in [6, 6.07) is 16.3. The van der Waals surface area contributed by atoms with Crippen molar-refractivity contribution in [3.05, 3.63) is 65.7 Å². The first-order chi connectivity index (χ1) is 10.6. The summed E-state index contributed by atoms with van der Waals surface area (Å²) in [7, 11) is -3.33. The summed E-state index contributed by atoms with van der Waals surface area (Å²) in [5.74, 6) is -0.0425. The van der Waals surface area contributed by atoms with Crippen molar-refractivity contribution < 1.29 is 18.3 Å². The molecule has 0 saturated carbocycles. The van der Waals surface area contributed by atoms with Gasteiger partial charge in [-0.3, -0.25) is 0 Å². The first-order valence-corrected chi connectivity index (χ1v) is 8.81. The van der Waals surface area contributed by atoms with Crippen molar-refractivity contribution in [2.24, 2.45) is 0 Å². The van der Waals surface area contributed by atoms with E-state index >= 15 is 0 Å². The lowest BCUT2D eigenvalue weighted by Gasteiger charge is -2.07. The van der Waals surface area contributed by atoms with Gasteiger partial charge in [-0.1, -0.05) is 42.5 Å². The number of ether oxygens (including phenoxy) is 1. The van der Waals surface area contributed by atoms with Gasteiger partial charge >= 0.3 is 0 Å². The van der Waals surface area contributed by atoms with E-state index in [0.29, 0.717) is 13.0 Å². The molecule has 0 amide bonds. The molecule has 0 bridgehead atoms. The highest BCUT2D eigenvalue weighted by Crippen LogP contribution is 2.13. The Labute approximate surface area is 131 Å². The largest absolute Gasteiger partial charge is 0.396 e. The first kappa shape index (κ1) is 16.7. The van der Waals surface area contributed by atoms with Crippen LogP contribution >= 0.6 is 0 Å². The molecule has 0 radical (unpaired) electrons. The van der Waals surface area contributed by atoms with E-state index in [2.05, 4.69) is 0 Å². The van der Waals surface area contributed by atoms with Gasteiger partial charge in [-0.15, -0.1) is 0 Å². The fourth-order valence-corrected chi connectivity index (χ4v) is 3.17. The molecule has 0 heterocycles. The van der Waals surface area contributed by atoms with Crippen LogP contribution in [0.25, 0.3) is 0 Å². The van der Waals surface area contributed by atoms with Crippen molar-refractivity contribution in [1.29, 1.82) is 0 Å². The lowest BCUT2D eigenvalue weighted by Crippen LogP contribution is -2.12. The molecule has 2 rings (SSSR count). The van der Waals surface area contributed by atoms with E-state index in [-0.39, 0.29) is 23.9 Å². The summed E-state index contributed by atoms with van der Waals surface area (Å²) in [5.41, 5.74) is 1.94. The average molecular weight is 320 g/mol. The maximum absolute atomic E-state index is 12.2. The molecule has 22 heavy (non-hydrogen) atoms. The zero-order chi connectivity index (χ0) is 15.8. The highest BCUT2D eigenvalue weighted by molar-refractivity contribution is 7.91. The van der Waals surface area contributed by atoms with Crippen LogP contribution < -0.4 is 0 Å². The van der Waals surface area contributed by atoms with Crippen molar-refractivity contribution in [3.8, 4) is 0 Å². The van der Waals surface area contributed by atoms with Crippen molar-refractivity contribution in [2.45, 2.75) is 17.9 Å². The Hall–Kier alpha value is -1.69. The SMILES string of the molecule is O=S(=O)(CCOCc1ccccc1)c1ccc(CCO)cc1. The molecule has 0 aliphatic carbocycles. The molecule has 0 atom stereocenters. The van der Waals surface area contributed by atoms with Crippen molar-refractivity contribution in [3.63, 3.8) is 0 Å². The van der Waals surface area contributed by atoms with Crippen molar-refractivity contribution >= 4 is 9.84 Å². The first-order valence-electron chi connectivity index (χ1n) is 7.16. The van der Waals surface area contributed by atoms with Gasteiger partial charge in [0.05, 0.1) is 23.9 Å². The Morgan fingerprint density at radius 1 is 0.909 bits per heavy atom. The third-order valence-electron chi connectivity index (χ3n) is 3.29. The quantitative estimate of drug-likeness (QED) is 0.758. The van der Waals surface area contributed by atoms with Crippen LogP contribution in [0.2, 0.25) is 0 Å². The number of hydrogen-bond acceptors (Lipinski definition) is 4. The van der Waals surface area contributed by atoms with Gasteiger partial charge < -0.3 is 9.84 Å². The minimum absolute atomic E-state index is 0.0425. The molecular formula is C17H20O4S. The highest BCUT2D eigenvalue weighted by Gasteiger charge is 2.14. The minimum Gasteiger partial charge on any atom is -0.396 e. The van der Waals surface area contributed by atoms with E-state index in [1.165, 1.54) is 0 Å². The molecule has 0 fully saturated rings. The third-order valence-corrected chi connectivity index (χ3v) is 4.99. The van der Waals surface area contributed by atoms with Crippen molar-refractivity contribution in [2.75, 3.05) is 19.0 Å². The minimum atomic E-state index is -3.33. The number of rotatable bonds is 8. The van der Waals surface area contributed by atoms with Crippen LogP contribution in [-0.4, -0.2) is 32.5 Å². The number of benzene rings is 2. The Kier molecular flexibility index (Phi) is 6.12. The Bertz CT molecular complexity index is 664. The summed E-state index contributed by atoms with van der Waals surface area (Å²) in [5, 5.41) is 8.85. The maximum atomic E-state index is 12.2. The number of hydrogen-bond donors (Lipinski definition) is 1. The summed E-state index contributed by atoms with van der Waals surface area (Å²) < 4.78 is 29.8. The molecular weight excluding hydrogens is 300 g/mol. The molecule has 0 saturated heterocycles. The molecule has 0 unspecified atom stereocenters. The van der Waals surface area contributed by atoms with E-state index < -0.39 is 9.84 Å². The summed E-state index contributed by atoms with van der Waals surface area (Å²) >= 11 is 0. The highest BCUT2D eigenvalue weighted by atomic mass is 32.2. The molecule has 5 heteroatoms. The van der Waals surface area contributed by atoms with Crippen molar-refractivity contribution in [1.82, 2.24) is 0 Å². The lowest BCUT2D eigenvalue weighted by molar-refractivity contribution is 0.135. The Balaban J connectivity index is 1.85. The molecule has 4 nitrogen and oxygen atoms in total. The van der Waals surface area contributed by atoms with E-state index in [4.69, 9.17) is 9.84 Å². The van der Waals surface area contributed by atoms with Gasteiger partial charge in [0, 0.05) is 6.61 Å². The number of aliphatic hydroxyl groups is 1. The predicted octanol–water partition coefficient (Wildman–Crippen LogP) is 2.21. The second kappa shape index (κ2) is 8.08. The molecule has 2 aromatic rings. The van der Waals surface area contributed by atoms with Crippen LogP contribution in [0.3, 0.4) is 0 Å². The molecule has 0 aliphatic rings. The average Bonchev–Trinajstić information content (AvgIpc) is 2.53. The second-order valence-corrected chi connectivity index (χ2v) is 7.08. The molecule has 0 spiro atoms. The van der Waals surface area contributed by atoms with E-state index in [1.807, 2.05) is 30.3 Å². The van der Waals surface area contributed by atoms with E-state index in [1.54, 1.807) is 24.3 Å². The zero-order valence-electron chi connectivity index (χ0n) is 12.3. The molecule has 0 aliphatic heterocycles. The molecule has 0 aromatic heterocycles. The van der Waals surface area contributed by atoms with E-state index in [0.717, 1.165) is 11.1 Å². The normalized spacial score (nSPS) is 11.5. The van der Waals surface area contributed by atoms with Crippen LogP contribution in [0.1, 0.15) is 11.1 Å². The van der Waals surface area contributed by atoms with Crippen LogP contribution in [0.15, 0.2) is 59.5 Å². The zero-order valence-corrected chi connectivity index (χ0v) is 13.1. The van der Waals surface area contributed by atoms with Gasteiger partial charge in [0.25, 0.3) is 0 Å². The smallest absolute Gasteiger partial charge is 0.180 e. The topological polar surface area (TPSA) is 63.6 Å². The lowest BCUT2D eigenvalue weighted by atomic mass is 10.2. The Morgan fingerprint density at radius 3 is 2.23 bits per heavy atom. The van der Waals surface area contributed by atoms with Gasteiger partial charge in [-0.05, 0) is 29.7 Å². The van der Waals surface area contributed by atoms with E-state index in [9.17, 15) is 8.42 Å². The molecule has 2 aromatic carbocycles. The monoisotopic (exact) mass is 320 g/mol. The molecule has 118 valence electrons. The maximum Gasteiger partial charge on any atom is 0.180 e. The summed E-state index contributed by atoms with van der Waals surface area (Å²) in [6.45, 7) is 0.626. The van der Waals surface area contributed by atoms with Gasteiger partial charge in [-0.2, -0.15) is 0 Å². The third kappa shape index (κ3) is 4.94. The number of aliphatic hydroxyl groups excluding tert-OH is 1. The van der Waals surface area contributed by atoms with Crippen LogP contribution in [0.5, 0.6) is 0 Å². The molecule has 1 N–H and O–H groups in total. The Morgan fingerprint density at radius 2 is 1.59 bits per heavy atom. The summed E-state index contributed by atoms with van der Waals surface area (Å²) in [4.78, 5) is 0.289. The van der Waals surface area contributed by atoms with Gasteiger partial charge in [-0.25, -0.2) is 8.42 Å². The summed E-state index contributed by atoms with van der Waals surface area (Å²) in [6.07, 6.45) is 0.528.